The van der Waals surface area contributed by atoms with Gasteiger partial charge in [-0.1, -0.05) is 19.3 Å². The fraction of sp³-hybridized carbons (Fsp3) is 0.733. The van der Waals surface area contributed by atoms with E-state index in [1.165, 1.54) is 19.3 Å². The van der Waals surface area contributed by atoms with Gasteiger partial charge in [0.25, 0.3) is 0 Å². The standard InChI is InChI=1S/C15H26N4O/c1-17(10-13-9-16-18(2)11-13)12-15(20)19(3)14-7-5-4-6-8-14/h9,11,14H,4-8,10,12H2,1-3H3. The van der Waals surface area contributed by atoms with E-state index in [9.17, 15) is 4.79 Å². The van der Waals surface area contributed by atoms with Crippen LogP contribution in [0, 0.1) is 0 Å². The minimum Gasteiger partial charge on any atom is -0.342 e. The molecule has 5 nitrogen and oxygen atoms in total. The predicted molar refractivity (Wildman–Crippen MR) is 79.2 cm³/mol. The molecule has 1 aromatic heterocycles. The maximum atomic E-state index is 12.3. The Morgan fingerprint density at radius 2 is 2.05 bits per heavy atom. The molecule has 0 aromatic carbocycles. The Kier molecular flexibility index (Phi) is 5.17. The normalized spacial score (nSPS) is 16.6. The van der Waals surface area contributed by atoms with Crippen molar-refractivity contribution in [2.24, 2.45) is 7.05 Å². The van der Waals surface area contributed by atoms with E-state index in [2.05, 4.69) is 10.00 Å². The average Bonchev–Trinajstić information content (AvgIpc) is 2.84. The van der Waals surface area contributed by atoms with Crippen molar-refractivity contribution in [1.82, 2.24) is 19.6 Å². The summed E-state index contributed by atoms with van der Waals surface area (Å²) in [7, 11) is 5.85. The third-order valence-corrected chi connectivity index (χ3v) is 4.13. The van der Waals surface area contributed by atoms with E-state index in [-0.39, 0.29) is 5.91 Å². The van der Waals surface area contributed by atoms with E-state index in [4.69, 9.17) is 0 Å². The molecule has 1 fully saturated rings. The first-order valence-corrected chi connectivity index (χ1v) is 7.48. The monoisotopic (exact) mass is 278 g/mol. The average molecular weight is 278 g/mol. The second-order valence-electron chi connectivity index (χ2n) is 5.99. The number of carbonyl (C=O) groups is 1. The molecule has 1 heterocycles. The number of nitrogens with zero attached hydrogens (tertiary/aromatic N) is 4. The first kappa shape index (κ1) is 15.0. The van der Waals surface area contributed by atoms with Crippen LogP contribution in [0.15, 0.2) is 12.4 Å². The third-order valence-electron chi connectivity index (χ3n) is 4.13. The van der Waals surface area contributed by atoms with Gasteiger partial charge in [0.2, 0.25) is 5.91 Å². The van der Waals surface area contributed by atoms with Gasteiger partial charge in [-0.25, -0.2) is 0 Å². The lowest BCUT2D eigenvalue weighted by Crippen LogP contribution is -2.43. The summed E-state index contributed by atoms with van der Waals surface area (Å²) in [6.07, 6.45) is 10.0. The fourth-order valence-electron chi connectivity index (χ4n) is 2.94. The van der Waals surface area contributed by atoms with Crippen LogP contribution in [-0.4, -0.2) is 52.2 Å². The van der Waals surface area contributed by atoms with Crippen LogP contribution in [0.5, 0.6) is 0 Å². The van der Waals surface area contributed by atoms with Crippen molar-refractivity contribution in [2.75, 3.05) is 20.6 Å². The molecular weight excluding hydrogens is 252 g/mol. The number of hydrogen-bond donors (Lipinski definition) is 0. The Labute approximate surface area is 121 Å². The summed E-state index contributed by atoms with van der Waals surface area (Å²) in [5.41, 5.74) is 1.14. The summed E-state index contributed by atoms with van der Waals surface area (Å²) in [6.45, 7) is 1.24. The number of amides is 1. The highest BCUT2D eigenvalue weighted by Crippen LogP contribution is 2.21. The summed E-state index contributed by atoms with van der Waals surface area (Å²) in [5, 5.41) is 4.15. The summed E-state index contributed by atoms with van der Waals surface area (Å²) in [6, 6.07) is 0.447. The fourth-order valence-corrected chi connectivity index (χ4v) is 2.94. The first-order chi connectivity index (χ1) is 9.56. The van der Waals surface area contributed by atoms with Gasteiger partial charge in [0.15, 0.2) is 0 Å². The Morgan fingerprint density at radius 1 is 1.35 bits per heavy atom. The van der Waals surface area contributed by atoms with E-state index in [0.29, 0.717) is 12.6 Å². The predicted octanol–water partition coefficient (Wildman–Crippen LogP) is 1.64. The van der Waals surface area contributed by atoms with Gasteiger partial charge in [0.05, 0.1) is 12.7 Å². The summed E-state index contributed by atoms with van der Waals surface area (Å²) >= 11 is 0. The van der Waals surface area contributed by atoms with E-state index in [0.717, 1.165) is 24.9 Å². The summed E-state index contributed by atoms with van der Waals surface area (Å²) in [5.74, 6) is 0.225. The third kappa shape index (κ3) is 4.07. The number of aryl methyl sites for hydroxylation is 1. The molecule has 1 aromatic rings. The zero-order chi connectivity index (χ0) is 14.5. The molecule has 1 amide bonds. The second kappa shape index (κ2) is 6.88. The lowest BCUT2D eigenvalue weighted by molar-refractivity contribution is -0.133. The van der Waals surface area contributed by atoms with Crippen LogP contribution in [0.1, 0.15) is 37.7 Å². The quantitative estimate of drug-likeness (QED) is 0.822. The van der Waals surface area contributed by atoms with Crippen LogP contribution in [0.4, 0.5) is 0 Å². The molecule has 0 atom stereocenters. The van der Waals surface area contributed by atoms with Crippen LogP contribution in [-0.2, 0) is 18.4 Å². The van der Waals surface area contributed by atoms with Gasteiger partial charge in [-0.3, -0.25) is 14.4 Å². The number of aromatic nitrogens is 2. The Hall–Kier alpha value is -1.36. The SMILES string of the molecule is CN(CC(=O)N(C)C1CCCCC1)Cc1cnn(C)c1. The largest absolute Gasteiger partial charge is 0.342 e. The zero-order valence-electron chi connectivity index (χ0n) is 12.9. The summed E-state index contributed by atoms with van der Waals surface area (Å²) in [4.78, 5) is 16.3. The number of hydrogen-bond acceptors (Lipinski definition) is 3. The van der Waals surface area contributed by atoms with E-state index in [1.54, 1.807) is 4.68 Å². The Morgan fingerprint density at radius 3 is 2.65 bits per heavy atom. The van der Waals surface area contributed by atoms with Crippen molar-refractivity contribution in [1.29, 1.82) is 0 Å². The second-order valence-corrected chi connectivity index (χ2v) is 5.99. The molecule has 0 radical (unpaired) electrons. The Balaban J connectivity index is 1.80. The number of carbonyl (C=O) groups excluding carboxylic acids is 1. The molecular formula is C15H26N4O. The van der Waals surface area contributed by atoms with Crippen molar-refractivity contribution in [2.45, 2.75) is 44.7 Å². The van der Waals surface area contributed by atoms with E-state index >= 15 is 0 Å². The highest BCUT2D eigenvalue weighted by molar-refractivity contribution is 5.78. The maximum absolute atomic E-state index is 12.3. The van der Waals surface area contributed by atoms with Gasteiger partial charge >= 0.3 is 0 Å². The molecule has 20 heavy (non-hydrogen) atoms. The summed E-state index contributed by atoms with van der Waals surface area (Å²) < 4.78 is 1.79. The molecule has 0 unspecified atom stereocenters. The molecule has 1 aliphatic carbocycles. The van der Waals surface area contributed by atoms with Crippen molar-refractivity contribution < 1.29 is 4.79 Å². The van der Waals surface area contributed by atoms with Gasteiger partial charge < -0.3 is 4.90 Å². The molecule has 112 valence electrons. The number of likely N-dealkylation sites (N-methyl/N-ethyl adjacent to an activating group) is 2. The zero-order valence-corrected chi connectivity index (χ0v) is 12.9. The highest BCUT2D eigenvalue weighted by Gasteiger charge is 2.22. The maximum Gasteiger partial charge on any atom is 0.236 e. The van der Waals surface area contributed by atoms with Gasteiger partial charge in [-0.05, 0) is 19.9 Å². The lowest BCUT2D eigenvalue weighted by atomic mass is 9.94. The molecule has 0 bridgehead atoms. The smallest absolute Gasteiger partial charge is 0.236 e. The van der Waals surface area contributed by atoms with Crippen molar-refractivity contribution in [3.05, 3.63) is 18.0 Å². The molecule has 0 spiro atoms. The van der Waals surface area contributed by atoms with E-state index in [1.807, 2.05) is 38.4 Å². The molecule has 0 N–H and O–H groups in total. The van der Waals surface area contributed by atoms with Crippen LogP contribution in [0.25, 0.3) is 0 Å². The molecule has 0 aliphatic heterocycles. The minimum atomic E-state index is 0.225. The van der Waals surface area contributed by atoms with Crippen molar-refractivity contribution in [3.63, 3.8) is 0 Å². The van der Waals surface area contributed by atoms with Gasteiger partial charge in [0, 0.05) is 38.4 Å². The molecule has 2 rings (SSSR count). The van der Waals surface area contributed by atoms with Crippen molar-refractivity contribution in [3.8, 4) is 0 Å². The van der Waals surface area contributed by atoms with Crippen LogP contribution >= 0.6 is 0 Å². The lowest BCUT2D eigenvalue weighted by Gasteiger charge is -2.32. The molecule has 5 heteroatoms. The first-order valence-electron chi connectivity index (χ1n) is 7.48. The number of rotatable bonds is 5. The Bertz CT molecular complexity index is 437. The van der Waals surface area contributed by atoms with Gasteiger partial charge in [-0.2, -0.15) is 5.10 Å². The molecule has 1 saturated carbocycles. The highest BCUT2D eigenvalue weighted by atomic mass is 16.2. The van der Waals surface area contributed by atoms with Gasteiger partial charge in [-0.15, -0.1) is 0 Å². The molecule has 0 saturated heterocycles. The van der Waals surface area contributed by atoms with E-state index < -0.39 is 0 Å². The van der Waals surface area contributed by atoms with Crippen LogP contribution in [0.3, 0.4) is 0 Å². The van der Waals surface area contributed by atoms with Gasteiger partial charge in [0.1, 0.15) is 0 Å². The minimum absolute atomic E-state index is 0.225. The molecule has 1 aliphatic rings. The van der Waals surface area contributed by atoms with Crippen molar-refractivity contribution >= 4 is 5.91 Å². The topological polar surface area (TPSA) is 41.4 Å². The van der Waals surface area contributed by atoms with Crippen LogP contribution < -0.4 is 0 Å². The van der Waals surface area contributed by atoms with Crippen LogP contribution in [0.2, 0.25) is 0 Å².